The molecule has 0 amide bonds. The summed E-state index contributed by atoms with van der Waals surface area (Å²) in [5.41, 5.74) is 0.202. The van der Waals surface area contributed by atoms with Crippen molar-refractivity contribution >= 4 is 19.3 Å². The minimum Gasteiger partial charge on any atom is -0.323 e. The molecule has 0 saturated carbocycles. The fraction of sp³-hybridized carbons (Fsp3) is 1.00. The van der Waals surface area contributed by atoms with Crippen molar-refractivity contribution in [3.8, 4) is 0 Å². The quantitative estimate of drug-likeness (QED) is 0.442. The Morgan fingerprint density at radius 3 is 1.50 bits per heavy atom. The van der Waals surface area contributed by atoms with E-state index in [1.165, 1.54) is 25.7 Å². The van der Waals surface area contributed by atoms with Gasteiger partial charge in [-0.3, -0.25) is 0 Å². The van der Waals surface area contributed by atoms with E-state index in [1.54, 1.807) is 0 Å². The lowest BCUT2D eigenvalue weighted by Gasteiger charge is -2.21. The van der Waals surface area contributed by atoms with Gasteiger partial charge < -0.3 is 4.98 Å². The van der Waals surface area contributed by atoms with Gasteiger partial charge in [0.1, 0.15) is 0 Å². The minimum absolute atomic E-state index is 0.202. The normalized spacial score (nSPS) is 13.1. The van der Waals surface area contributed by atoms with Crippen LogP contribution in [0.25, 0.3) is 0 Å². The summed E-state index contributed by atoms with van der Waals surface area (Å²) in [6.07, 6.45) is 5.54. The molecule has 88 valence electrons. The Hall–Kier alpha value is 0.467. The van der Waals surface area contributed by atoms with Gasteiger partial charge in [0, 0.05) is 5.54 Å². The lowest BCUT2D eigenvalue weighted by atomic mass is 10.1. The fourth-order valence-corrected chi connectivity index (χ4v) is 3.27. The Labute approximate surface area is 97.0 Å². The molecule has 0 aromatic heterocycles. The number of hydrogen-bond donors (Lipinski definition) is 1. The maximum Gasteiger partial charge on any atom is 0.208 e. The largest absolute Gasteiger partial charge is 0.323 e. The van der Waals surface area contributed by atoms with Crippen molar-refractivity contribution in [1.29, 1.82) is 0 Å². The third-order valence-electron chi connectivity index (χ3n) is 1.59. The molecule has 0 aromatic rings. The Kier molecular flexibility index (Phi) is 12.1. The van der Waals surface area contributed by atoms with Crippen LogP contribution in [0.1, 0.15) is 60.3 Å². The summed E-state index contributed by atoms with van der Waals surface area (Å²) in [7, 11) is -1.07. The van der Waals surface area contributed by atoms with Gasteiger partial charge in [0.25, 0.3) is 0 Å². The van der Waals surface area contributed by atoms with E-state index < -0.39 is 8.27 Å². The van der Waals surface area contributed by atoms with Gasteiger partial charge in [-0.25, -0.2) is 0 Å². The van der Waals surface area contributed by atoms with E-state index in [4.69, 9.17) is 11.1 Å². The highest BCUT2D eigenvalue weighted by Gasteiger charge is 2.11. The summed E-state index contributed by atoms with van der Waals surface area (Å²) in [6.45, 7) is 12.9. The van der Waals surface area contributed by atoms with E-state index in [9.17, 15) is 0 Å². The van der Waals surface area contributed by atoms with Crippen LogP contribution >= 0.6 is 11.1 Å². The maximum atomic E-state index is 5.79. The van der Waals surface area contributed by atoms with Crippen LogP contribution in [-0.2, 0) is 0 Å². The van der Waals surface area contributed by atoms with E-state index in [0.29, 0.717) is 0 Å². The predicted octanol–water partition coefficient (Wildman–Crippen LogP) is 4.05. The van der Waals surface area contributed by atoms with Crippen molar-refractivity contribution in [2.75, 3.05) is 0 Å². The predicted molar refractivity (Wildman–Crippen MR) is 71.6 cm³/mol. The smallest absolute Gasteiger partial charge is 0.208 e. The van der Waals surface area contributed by atoms with Crippen LogP contribution in [-0.4, -0.2) is 13.8 Å². The molecule has 0 aliphatic rings. The van der Waals surface area contributed by atoms with Crippen molar-refractivity contribution in [2.24, 2.45) is 0 Å². The van der Waals surface area contributed by atoms with E-state index in [-0.39, 0.29) is 5.54 Å². The standard InChI is InChI=1S/C6H14.C5H14ClNSi/c1-3-5-6-4-2;1-5(2,3)7-8(4)6/h3-6H2,1-2H3;7-8H,1-4H3. The first-order valence-electron chi connectivity index (χ1n) is 5.75. The molecule has 1 unspecified atom stereocenters. The molecule has 3 heteroatoms. The molecule has 0 aliphatic heterocycles. The van der Waals surface area contributed by atoms with Gasteiger partial charge in [0.05, 0.1) is 0 Å². The summed E-state index contributed by atoms with van der Waals surface area (Å²) in [6, 6.07) is 0. The second-order valence-electron chi connectivity index (χ2n) is 4.72. The minimum atomic E-state index is -1.07. The number of rotatable bonds is 4. The van der Waals surface area contributed by atoms with Crippen LogP contribution in [0, 0.1) is 0 Å². The average molecular weight is 238 g/mol. The highest BCUT2D eigenvalue weighted by Crippen LogP contribution is 2.00. The molecule has 1 nitrogen and oxygen atoms in total. The molecule has 0 aromatic carbocycles. The molecule has 14 heavy (non-hydrogen) atoms. The Balaban J connectivity index is 0. The zero-order valence-electron chi connectivity index (χ0n) is 10.8. The van der Waals surface area contributed by atoms with Gasteiger partial charge in [-0.05, 0) is 27.3 Å². The van der Waals surface area contributed by atoms with Crippen molar-refractivity contribution < 1.29 is 0 Å². The van der Waals surface area contributed by atoms with Gasteiger partial charge in [-0.1, -0.05) is 39.5 Å². The first-order valence-corrected chi connectivity index (χ1v) is 9.23. The van der Waals surface area contributed by atoms with Crippen molar-refractivity contribution in [1.82, 2.24) is 4.98 Å². The molecule has 1 atom stereocenters. The lowest BCUT2D eigenvalue weighted by Crippen LogP contribution is -2.42. The van der Waals surface area contributed by atoms with Crippen molar-refractivity contribution in [3.63, 3.8) is 0 Å². The third kappa shape index (κ3) is 22.9. The number of halogens is 1. The van der Waals surface area contributed by atoms with Crippen LogP contribution in [0.2, 0.25) is 6.55 Å². The van der Waals surface area contributed by atoms with Crippen molar-refractivity contribution in [3.05, 3.63) is 0 Å². The van der Waals surface area contributed by atoms with Crippen molar-refractivity contribution in [2.45, 2.75) is 72.4 Å². The Morgan fingerprint density at radius 2 is 1.43 bits per heavy atom. The zero-order chi connectivity index (χ0) is 11.6. The summed E-state index contributed by atoms with van der Waals surface area (Å²) >= 11 is 5.79. The first kappa shape index (κ1) is 16.9. The van der Waals surface area contributed by atoms with Crippen LogP contribution < -0.4 is 4.98 Å². The van der Waals surface area contributed by atoms with Gasteiger partial charge in [-0.2, -0.15) is 11.1 Å². The molecular formula is C11H28ClNSi. The second-order valence-corrected chi connectivity index (χ2v) is 8.20. The monoisotopic (exact) mass is 237 g/mol. The molecule has 0 fully saturated rings. The fourth-order valence-electron chi connectivity index (χ4n) is 1.10. The highest BCUT2D eigenvalue weighted by atomic mass is 35.6. The first-order chi connectivity index (χ1) is 6.33. The molecule has 0 spiro atoms. The molecule has 0 radical (unpaired) electrons. The zero-order valence-corrected chi connectivity index (χ0v) is 12.7. The van der Waals surface area contributed by atoms with Gasteiger partial charge in [0.15, 0.2) is 0 Å². The van der Waals surface area contributed by atoms with Gasteiger partial charge >= 0.3 is 0 Å². The SMILES string of the molecule is CCCCCC.C[SiH](Cl)NC(C)(C)C. The molecule has 0 rings (SSSR count). The second kappa shape index (κ2) is 10.0. The highest BCUT2D eigenvalue weighted by molar-refractivity contribution is 7.04. The number of unbranched alkanes of at least 4 members (excludes halogenated alkanes) is 3. The topological polar surface area (TPSA) is 12.0 Å². The molecule has 0 bridgehead atoms. The van der Waals surface area contributed by atoms with E-state index in [0.717, 1.165) is 0 Å². The Bertz CT molecular complexity index is 106. The van der Waals surface area contributed by atoms with Crippen LogP contribution in [0.3, 0.4) is 0 Å². The summed E-state index contributed by atoms with van der Waals surface area (Å²) < 4.78 is 0. The van der Waals surface area contributed by atoms with Gasteiger partial charge in [-0.15, -0.1) is 0 Å². The van der Waals surface area contributed by atoms with Crippen LogP contribution in [0.5, 0.6) is 0 Å². The number of hydrogen-bond acceptors (Lipinski definition) is 1. The number of nitrogens with one attached hydrogen (secondary N) is 1. The third-order valence-corrected chi connectivity index (χ3v) is 3.18. The van der Waals surface area contributed by atoms with Gasteiger partial charge in [0.2, 0.25) is 8.27 Å². The maximum absolute atomic E-state index is 5.79. The molecule has 0 saturated heterocycles. The van der Waals surface area contributed by atoms with Crippen LogP contribution in [0.4, 0.5) is 0 Å². The summed E-state index contributed by atoms with van der Waals surface area (Å²) in [5, 5.41) is 0. The molecule has 1 N–H and O–H groups in total. The summed E-state index contributed by atoms with van der Waals surface area (Å²) in [4.78, 5) is 3.29. The summed E-state index contributed by atoms with van der Waals surface area (Å²) in [5.74, 6) is 0. The molecular weight excluding hydrogens is 210 g/mol. The molecule has 0 heterocycles. The lowest BCUT2D eigenvalue weighted by molar-refractivity contribution is 0.522. The van der Waals surface area contributed by atoms with E-state index in [2.05, 4.69) is 46.1 Å². The average Bonchev–Trinajstić information content (AvgIpc) is 1.97. The van der Waals surface area contributed by atoms with Crippen LogP contribution in [0.15, 0.2) is 0 Å². The Morgan fingerprint density at radius 1 is 1.07 bits per heavy atom. The van der Waals surface area contributed by atoms with E-state index >= 15 is 0 Å². The molecule has 0 aliphatic carbocycles. The van der Waals surface area contributed by atoms with E-state index in [1.807, 2.05) is 0 Å².